The first-order valence-electron chi connectivity index (χ1n) is 15.3. The molecule has 218 valence electrons. The summed E-state index contributed by atoms with van der Waals surface area (Å²) in [6.45, 7) is 2.23. The molecule has 0 aliphatic heterocycles. The molecule has 1 aromatic carbocycles. The Balaban J connectivity index is 0.000000279. The summed E-state index contributed by atoms with van der Waals surface area (Å²) in [6.07, 6.45) is 21.0. The van der Waals surface area contributed by atoms with Gasteiger partial charge in [-0.05, 0) is 93.3 Å². The molecular formula is C32H48F6. The largest absolute Gasteiger partial charge is 0.269 e. The van der Waals surface area contributed by atoms with Gasteiger partial charge in [0.15, 0.2) is 0 Å². The van der Waals surface area contributed by atoms with Crippen molar-refractivity contribution in [3.05, 3.63) is 35.1 Å². The van der Waals surface area contributed by atoms with E-state index in [0.717, 1.165) is 36.0 Å². The van der Waals surface area contributed by atoms with Crippen LogP contribution in [0.25, 0.3) is 0 Å². The van der Waals surface area contributed by atoms with E-state index in [1.165, 1.54) is 89.9 Å². The van der Waals surface area contributed by atoms with Crippen LogP contribution in [0.3, 0.4) is 0 Å². The molecule has 4 rings (SSSR count). The average Bonchev–Trinajstić information content (AvgIpc) is 2.90. The Kier molecular flexibility index (Phi) is 13.3. The molecule has 0 amide bonds. The van der Waals surface area contributed by atoms with Crippen molar-refractivity contribution in [2.75, 3.05) is 6.67 Å². The van der Waals surface area contributed by atoms with Crippen LogP contribution >= 0.6 is 0 Å². The van der Waals surface area contributed by atoms with Crippen LogP contribution in [-0.4, -0.2) is 6.67 Å². The zero-order valence-corrected chi connectivity index (χ0v) is 23.2. The van der Waals surface area contributed by atoms with Crippen molar-refractivity contribution in [2.45, 2.75) is 123 Å². The van der Waals surface area contributed by atoms with Gasteiger partial charge < -0.3 is 0 Å². The van der Waals surface area contributed by atoms with Crippen LogP contribution in [0.15, 0.2) is 12.1 Å². The monoisotopic (exact) mass is 546 g/mol. The predicted octanol–water partition coefficient (Wildman–Crippen LogP) is 11.4. The van der Waals surface area contributed by atoms with Gasteiger partial charge in [-0.15, -0.1) is 0 Å². The fourth-order valence-electron chi connectivity index (χ4n) is 7.58. The SMILES string of the molecule is CCCCCC1CCC(C2CCC(C3CCC(CCF)CC3)CC2)CC1.Fc1cc(F)c(C(F)F)c(F)c1. The highest BCUT2D eigenvalue weighted by atomic mass is 19.3. The maximum absolute atomic E-state index is 12.6. The number of hydrogen-bond donors (Lipinski definition) is 0. The van der Waals surface area contributed by atoms with E-state index in [9.17, 15) is 26.3 Å². The van der Waals surface area contributed by atoms with Crippen molar-refractivity contribution >= 4 is 0 Å². The maximum atomic E-state index is 12.6. The van der Waals surface area contributed by atoms with Crippen LogP contribution in [0, 0.1) is 53.0 Å². The fourth-order valence-corrected chi connectivity index (χ4v) is 7.58. The van der Waals surface area contributed by atoms with Gasteiger partial charge in [-0.25, -0.2) is 22.0 Å². The number of unbranched alkanes of at least 4 members (excludes halogenated alkanes) is 2. The van der Waals surface area contributed by atoms with Crippen LogP contribution in [-0.2, 0) is 0 Å². The zero-order chi connectivity index (χ0) is 27.5. The van der Waals surface area contributed by atoms with Gasteiger partial charge in [0, 0.05) is 12.1 Å². The van der Waals surface area contributed by atoms with Crippen molar-refractivity contribution < 1.29 is 26.3 Å². The second kappa shape index (κ2) is 16.2. The lowest BCUT2D eigenvalue weighted by Gasteiger charge is -2.41. The summed E-state index contributed by atoms with van der Waals surface area (Å²) in [5.41, 5.74) is -1.39. The van der Waals surface area contributed by atoms with Gasteiger partial charge in [-0.1, -0.05) is 58.3 Å². The summed E-state index contributed by atoms with van der Waals surface area (Å²) in [4.78, 5) is 0. The molecule has 0 atom stereocenters. The molecule has 3 aliphatic carbocycles. The minimum Gasteiger partial charge on any atom is -0.251 e. The second-order valence-electron chi connectivity index (χ2n) is 12.3. The van der Waals surface area contributed by atoms with Crippen molar-refractivity contribution in [3.63, 3.8) is 0 Å². The van der Waals surface area contributed by atoms with Crippen molar-refractivity contribution in [3.8, 4) is 0 Å². The Labute approximate surface area is 226 Å². The third-order valence-corrected chi connectivity index (χ3v) is 9.93. The number of halogens is 6. The van der Waals surface area contributed by atoms with Gasteiger partial charge in [0.25, 0.3) is 6.43 Å². The molecule has 0 saturated heterocycles. The summed E-state index contributed by atoms with van der Waals surface area (Å²) in [6, 6.07) is 0.426. The lowest BCUT2D eigenvalue weighted by molar-refractivity contribution is 0.101. The number of hydrogen-bond acceptors (Lipinski definition) is 0. The molecule has 6 heteroatoms. The molecule has 0 N–H and O–H groups in total. The van der Waals surface area contributed by atoms with Gasteiger partial charge in [0.2, 0.25) is 0 Å². The summed E-state index contributed by atoms with van der Waals surface area (Å²) in [7, 11) is 0. The van der Waals surface area contributed by atoms with Crippen LogP contribution in [0.1, 0.15) is 128 Å². The normalized spacial score (nSPS) is 30.1. The van der Waals surface area contributed by atoms with Crippen LogP contribution in [0.4, 0.5) is 26.3 Å². The smallest absolute Gasteiger partial charge is 0.251 e. The molecule has 0 radical (unpaired) electrons. The lowest BCUT2D eigenvalue weighted by Crippen LogP contribution is -2.29. The first-order valence-corrected chi connectivity index (χ1v) is 15.3. The van der Waals surface area contributed by atoms with Gasteiger partial charge in [0.05, 0.1) is 12.2 Å². The van der Waals surface area contributed by atoms with Crippen molar-refractivity contribution in [1.29, 1.82) is 0 Å². The van der Waals surface area contributed by atoms with E-state index < -0.39 is 29.4 Å². The molecule has 1 aromatic rings. The van der Waals surface area contributed by atoms with E-state index in [1.54, 1.807) is 12.8 Å². The average molecular weight is 547 g/mol. The van der Waals surface area contributed by atoms with Gasteiger partial charge in [-0.3, -0.25) is 4.39 Å². The highest BCUT2D eigenvalue weighted by Crippen LogP contribution is 2.46. The Morgan fingerprint density at radius 1 is 0.632 bits per heavy atom. The Bertz CT molecular complexity index is 764. The van der Waals surface area contributed by atoms with E-state index in [-0.39, 0.29) is 18.8 Å². The van der Waals surface area contributed by atoms with E-state index in [4.69, 9.17) is 0 Å². The molecule has 3 saturated carbocycles. The van der Waals surface area contributed by atoms with E-state index in [1.807, 2.05) is 0 Å². The van der Waals surface area contributed by atoms with E-state index >= 15 is 0 Å². The Morgan fingerprint density at radius 2 is 1.03 bits per heavy atom. The zero-order valence-electron chi connectivity index (χ0n) is 23.2. The fraction of sp³-hybridized carbons (Fsp3) is 0.812. The molecule has 3 aliphatic rings. The van der Waals surface area contributed by atoms with Crippen LogP contribution in [0.5, 0.6) is 0 Å². The molecule has 0 aromatic heterocycles. The molecular weight excluding hydrogens is 498 g/mol. The molecule has 3 fully saturated rings. The topological polar surface area (TPSA) is 0 Å². The first kappa shape index (κ1) is 31.3. The lowest BCUT2D eigenvalue weighted by atomic mass is 9.64. The molecule has 0 bridgehead atoms. The highest BCUT2D eigenvalue weighted by Gasteiger charge is 2.34. The summed E-state index contributed by atoms with van der Waals surface area (Å²) in [5, 5.41) is 0. The standard InChI is InChI=1S/C25H45F.C7H3F5/c1-2-3-4-5-20-6-10-22(11-7-20)24-14-16-25(17-15-24)23-12-8-21(9-13-23)18-19-26;8-3-1-4(9)6(7(11)12)5(10)2-3/h20-25H,2-19H2,1H3;1-2,7H. The maximum Gasteiger partial charge on any atom is 0.269 e. The van der Waals surface area contributed by atoms with Crippen LogP contribution < -0.4 is 0 Å². The molecule has 0 spiro atoms. The quantitative estimate of drug-likeness (QED) is 0.213. The molecule has 38 heavy (non-hydrogen) atoms. The third-order valence-electron chi connectivity index (χ3n) is 9.93. The van der Waals surface area contributed by atoms with Crippen LogP contribution in [0.2, 0.25) is 0 Å². The predicted molar refractivity (Wildman–Crippen MR) is 142 cm³/mol. The molecule has 0 unspecified atom stereocenters. The van der Waals surface area contributed by atoms with Gasteiger partial charge in [0.1, 0.15) is 17.5 Å². The first-order chi connectivity index (χ1) is 18.3. The summed E-state index contributed by atoms with van der Waals surface area (Å²) < 4.78 is 73.1. The summed E-state index contributed by atoms with van der Waals surface area (Å²) in [5.74, 6) is 1.56. The second-order valence-corrected chi connectivity index (χ2v) is 12.3. The Morgan fingerprint density at radius 3 is 1.39 bits per heavy atom. The minimum atomic E-state index is -3.27. The van der Waals surface area contributed by atoms with Gasteiger partial charge >= 0.3 is 0 Å². The number of benzene rings is 1. The highest BCUT2D eigenvalue weighted by molar-refractivity contribution is 5.21. The number of alkyl halides is 3. The third kappa shape index (κ3) is 9.47. The Hall–Kier alpha value is -1.20. The van der Waals surface area contributed by atoms with Gasteiger partial charge in [-0.2, -0.15) is 0 Å². The van der Waals surface area contributed by atoms with Crippen molar-refractivity contribution in [1.82, 2.24) is 0 Å². The molecule has 0 nitrogen and oxygen atoms in total. The van der Waals surface area contributed by atoms with Crippen molar-refractivity contribution in [2.24, 2.45) is 35.5 Å². The minimum absolute atomic E-state index is 0.0959. The number of rotatable bonds is 9. The van der Waals surface area contributed by atoms with E-state index in [0.29, 0.717) is 5.92 Å². The summed E-state index contributed by atoms with van der Waals surface area (Å²) >= 11 is 0. The molecule has 0 heterocycles. The van der Waals surface area contributed by atoms with E-state index in [2.05, 4.69) is 6.92 Å².